The van der Waals surface area contributed by atoms with Crippen molar-refractivity contribution in [3.63, 3.8) is 0 Å². The van der Waals surface area contributed by atoms with Gasteiger partial charge in [0.2, 0.25) is 5.70 Å². The van der Waals surface area contributed by atoms with Crippen LogP contribution < -0.4 is 0 Å². The Morgan fingerprint density at radius 2 is 2.19 bits per heavy atom. The first kappa shape index (κ1) is 17.8. The van der Waals surface area contributed by atoms with Crippen LogP contribution in [0.3, 0.4) is 0 Å². The molecule has 6 heteroatoms. The number of carbonyl (C=O) groups is 1. The molecule has 0 saturated carbocycles. The summed E-state index contributed by atoms with van der Waals surface area (Å²) in [5, 5.41) is 10.9. The van der Waals surface area contributed by atoms with Gasteiger partial charge in [0.25, 0.3) is 0 Å². The molecule has 0 aromatic heterocycles. The minimum Gasteiger partial charge on any atom is -0.353 e. The van der Waals surface area contributed by atoms with Gasteiger partial charge in [-0.1, -0.05) is 0 Å². The fourth-order valence-corrected chi connectivity index (χ4v) is 2.20. The summed E-state index contributed by atoms with van der Waals surface area (Å²) >= 11 is 0. The smallest absolute Gasteiger partial charge is 0.242 e. The van der Waals surface area contributed by atoms with Gasteiger partial charge in [0.05, 0.1) is 11.5 Å². The van der Waals surface area contributed by atoms with Crippen molar-refractivity contribution in [3.8, 4) is 0 Å². The van der Waals surface area contributed by atoms with E-state index in [0.717, 1.165) is 32.3 Å². The second-order valence-corrected chi connectivity index (χ2v) is 5.32. The summed E-state index contributed by atoms with van der Waals surface area (Å²) in [5.74, 6) is 0.0681. The summed E-state index contributed by atoms with van der Waals surface area (Å²) in [4.78, 5) is 21.4. The van der Waals surface area contributed by atoms with Gasteiger partial charge in [-0.2, -0.15) is 0 Å². The standard InChI is InChI=1S/C15H25NO5/c1-13(17)7-6-9-14(16(18)19)8-2-4-11-20-15-10-3-5-12-21-15/h8,15H,2-7,9-12H2,1H3/b14-8+. The van der Waals surface area contributed by atoms with Crippen molar-refractivity contribution < 1.29 is 19.2 Å². The van der Waals surface area contributed by atoms with E-state index in [0.29, 0.717) is 32.3 Å². The number of nitrogens with zero attached hydrogens (tertiary/aromatic N) is 1. The Kier molecular flexibility index (Phi) is 8.85. The van der Waals surface area contributed by atoms with Gasteiger partial charge in [0.15, 0.2) is 6.29 Å². The topological polar surface area (TPSA) is 78.7 Å². The molecule has 1 aliphatic rings. The van der Waals surface area contributed by atoms with Crippen molar-refractivity contribution >= 4 is 5.78 Å². The summed E-state index contributed by atoms with van der Waals surface area (Å²) in [5.41, 5.74) is 0.199. The van der Waals surface area contributed by atoms with Crippen molar-refractivity contribution in [2.45, 2.75) is 64.6 Å². The lowest BCUT2D eigenvalue weighted by Crippen LogP contribution is -2.22. The Balaban J connectivity index is 2.17. The zero-order chi connectivity index (χ0) is 15.5. The number of Topliss-reactive ketones (excluding diaryl/α,β-unsaturated/α-hetero) is 1. The van der Waals surface area contributed by atoms with Crippen LogP contribution in [0.2, 0.25) is 0 Å². The van der Waals surface area contributed by atoms with Gasteiger partial charge in [-0.15, -0.1) is 0 Å². The van der Waals surface area contributed by atoms with Gasteiger partial charge in [0, 0.05) is 19.4 Å². The number of rotatable bonds is 10. The van der Waals surface area contributed by atoms with Crippen molar-refractivity contribution in [3.05, 3.63) is 21.9 Å². The zero-order valence-electron chi connectivity index (χ0n) is 12.7. The number of carbonyl (C=O) groups excluding carboxylic acids is 1. The maximum Gasteiger partial charge on any atom is 0.242 e. The molecule has 1 saturated heterocycles. The van der Waals surface area contributed by atoms with Crippen molar-refractivity contribution in [2.75, 3.05) is 13.2 Å². The van der Waals surface area contributed by atoms with E-state index in [-0.39, 0.29) is 22.7 Å². The Morgan fingerprint density at radius 1 is 1.38 bits per heavy atom. The summed E-state index contributed by atoms with van der Waals surface area (Å²) in [6.45, 7) is 2.81. The number of nitro groups is 1. The molecule has 1 fully saturated rings. The van der Waals surface area contributed by atoms with Crippen LogP contribution in [0.4, 0.5) is 0 Å². The van der Waals surface area contributed by atoms with Crippen LogP contribution in [0.25, 0.3) is 0 Å². The first-order chi connectivity index (χ1) is 10.1. The second kappa shape index (κ2) is 10.5. The third kappa shape index (κ3) is 8.57. The van der Waals surface area contributed by atoms with Crippen molar-refractivity contribution in [2.24, 2.45) is 0 Å². The van der Waals surface area contributed by atoms with Crippen LogP contribution in [-0.4, -0.2) is 30.2 Å². The average molecular weight is 299 g/mol. The fourth-order valence-electron chi connectivity index (χ4n) is 2.20. The largest absolute Gasteiger partial charge is 0.353 e. The summed E-state index contributed by atoms with van der Waals surface area (Å²) in [7, 11) is 0. The number of hydrogen-bond acceptors (Lipinski definition) is 5. The molecule has 0 spiro atoms. The van der Waals surface area contributed by atoms with Crippen LogP contribution in [-0.2, 0) is 14.3 Å². The molecule has 0 aromatic rings. The lowest BCUT2D eigenvalue weighted by Gasteiger charge is -2.22. The highest BCUT2D eigenvalue weighted by Crippen LogP contribution is 2.15. The summed E-state index contributed by atoms with van der Waals surface area (Å²) in [6.07, 6.45) is 7.33. The Bertz CT molecular complexity index is 361. The zero-order valence-corrected chi connectivity index (χ0v) is 12.7. The Labute approximate surface area is 125 Å². The van der Waals surface area contributed by atoms with Gasteiger partial charge in [-0.05, 0) is 51.5 Å². The third-order valence-corrected chi connectivity index (χ3v) is 3.37. The van der Waals surface area contributed by atoms with E-state index in [1.54, 1.807) is 6.08 Å². The minimum absolute atomic E-state index is 0.0681. The monoisotopic (exact) mass is 299 g/mol. The van der Waals surface area contributed by atoms with Crippen LogP contribution >= 0.6 is 0 Å². The van der Waals surface area contributed by atoms with Crippen LogP contribution in [0.15, 0.2) is 11.8 Å². The Hall–Kier alpha value is -1.27. The SMILES string of the molecule is CC(=O)CCC/C(=C\CCCOC1CCCCO1)[N+](=O)[O-]. The predicted molar refractivity (Wildman–Crippen MR) is 78.4 cm³/mol. The van der Waals surface area contributed by atoms with E-state index in [4.69, 9.17) is 9.47 Å². The molecule has 1 rings (SSSR count). The predicted octanol–water partition coefficient (Wildman–Crippen LogP) is 3.23. The van der Waals surface area contributed by atoms with E-state index in [1.165, 1.54) is 6.92 Å². The first-order valence-corrected chi connectivity index (χ1v) is 7.65. The Morgan fingerprint density at radius 3 is 2.81 bits per heavy atom. The molecule has 0 amide bonds. The van der Waals surface area contributed by atoms with Gasteiger partial charge in [0.1, 0.15) is 5.78 Å². The molecule has 6 nitrogen and oxygen atoms in total. The van der Waals surface area contributed by atoms with E-state index < -0.39 is 0 Å². The van der Waals surface area contributed by atoms with Gasteiger partial charge >= 0.3 is 0 Å². The molecule has 0 radical (unpaired) electrons. The molecule has 1 atom stereocenters. The number of unbranched alkanes of at least 4 members (excludes halogenated alkanes) is 1. The molecule has 0 bridgehead atoms. The summed E-state index contributed by atoms with van der Waals surface area (Å²) < 4.78 is 11.0. The maximum atomic E-state index is 10.9. The highest BCUT2D eigenvalue weighted by molar-refractivity contribution is 5.75. The van der Waals surface area contributed by atoms with Gasteiger partial charge in [-0.25, -0.2) is 0 Å². The van der Waals surface area contributed by atoms with Gasteiger partial charge in [-0.3, -0.25) is 10.1 Å². The summed E-state index contributed by atoms with van der Waals surface area (Å²) in [6, 6.07) is 0. The average Bonchev–Trinajstić information content (AvgIpc) is 2.45. The molecule has 0 N–H and O–H groups in total. The number of allylic oxidation sites excluding steroid dienone is 2. The maximum absolute atomic E-state index is 10.9. The molecule has 1 aliphatic heterocycles. The molecule has 1 unspecified atom stereocenters. The third-order valence-electron chi connectivity index (χ3n) is 3.37. The van der Waals surface area contributed by atoms with E-state index in [2.05, 4.69) is 0 Å². The molecule has 0 aliphatic carbocycles. The quantitative estimate of drug-likeness (QED) is 0.351. The fraction of sp³-hybridized carbons (Fsp3) is 0.800. The number of ketones is 1. The van der Waals surface area contributed by atoms with Crippen LogP contribution in [0.5, 0.6) is 0 Å². The molecule has 21 heavy (non-hydrogen) atoms. The van der Waals surface area contributed by atoms with E-state index in [1.807, 2.05) is 0 Å². The lowest BCUT2D eigenvalue weighted by molar-refractivity contribution is -0.428. The van der Waals surface area contributed by atoms with Crippen LogP contribution in [0, 0.1) is 10.1 Å². The number of hydrogen-bond donors (Lipinski definition) is 0. The molecule has 1 heterocycles. The van der Waals surface area contributed by atoms with Crippen molar-refractivity contribution in [1.29, 1.82) is 0 Å². The van der Waals surface area contributed by atoms with Crippen LogP contribution in [0.1, 0.15) is 58.3 Å². The molecule has 120 valence electrons. The van der Waals surface area contributed by atoms with E-state index in [9.17, 15) is 14.9 Å². The highest BCUT2D eigenvalue weighted by Gasteiger charge is 2.14. The molecular formula is C15H25NO5. The van der Waals surface area contributed by atoms with Crippen molar-refractivity contribution in [1.82, 2.24) is 0 Å². The molecular weight excluding hydrogens is 274 g/mol. The second-order valence-electron chi connectivity index (χ2n) is 5.32. The lowest BCUT2D eigenvalue weighted by atomic mass is 10.1. The first-order valence-electron chi connectivity index (χ1n) is 7.65. The molecule has 0 aromatic carbocycles. The highest BCUT2D eigenvalue weighted by atomic mass is 16.7. The van der Waals surface area contributed by atoms with E-state index >= 15 is 0 Å². The van der Waals surface area contributed by atoms with Gasteiger partial charge < -0.3 is 14.3 Å². The minimum atomic E-state index is -0.356. The number of ether oxygens (including phenoxy) is 2. The normalized spacial score (nSPS) is 19.5.